The highest BCUT2D eigenvalue weighted by Gasteiger charge is 2.11. The fourth-order valence-electron chi connectivity index (χ4n) is 1.95. The molecule has 0 aliphatic heterocycles. The van der Waals surface area contributed by atoms with Crippen LogP contribution >= 0.6 is 11.6 Å². The predicted molar refractivity (Wildman–Crippen MR) is 101 cm³/mol. The average Bonchev–Trinajstić information content (AvgIpc) is 2.55. The van der Waals surface area contributed by atoms with Crippen LogP contribution in [-0.4, -0.2) is 12.3 Å². The maximum Gasteiger partial charge on any atom is 0.134 e. The molecule has 0 amide bonds. The Hall–Kier alpha value is -1.87. The number of halogens is 2. The van der Waals surface area contributed by atoms with Crippen molar-refractivity contribution in [3.05, 3.63) is 64.5 Å². The molecule has 0 heterocycles. The summed E-state index contributed by atoms with van der Waals surface area (Å²) in [4.78, 5) is 0. The number of hydrogen-bond donors (Lipinski definition) is 2. The van der Waals surface area contributed by atoms with Crippen LogP contribution < -0.4 is 5.32 Å². The molecule has 4 heteroatoms. The van der Waals surface area contributed by atoms with Crippen LogP contribution in [-0.2, 0) is 0 Å². The van der Waals surface area contributed by atoms with E-state index in [-0.39, 0.29) is 11.3 Å². The van der Waals surface area contributed by atoms with Crippen LogP contribution in [0.5, 0.6) is 0 Å². The molecule has 23 heavy (non-hydrogen) atoms. The van der Waals surface area contributed by atoms with E-state index in [9.17, 15) is 4.39 Å². The van der Waals surface area contributed by atoms with Crippen LogP contribution in [0.15, 0.2) is 53.1 Å². The molecule has 0 aliphatic rings. The first-order chi connectivity index (χ1) is 10.9. The van der Waals surface area contributed by atoms with Gasteiger partial charge in [-0.05, 0) is 44.1 Å². The first-order valence-electron chi connectivity index (χ1n) is 7.64. The van der Waals surface area contributed by atoms with Gasteiger partial charge >= 0.3 is 0 Å². The van der Waals surface area contributed by atoms with E-state index in [0.717, 1.165) is 11.1 Å². The molecule has 126 valence electrons. The van der Waals surface area contributed by atoms with Gasteiger partial charge in [0.05, 0.1) is 5.56 Å². The van der Waals surface area contributed by atoms with Crippen LogP contribution in [0.3, 0.4) is 0 Å². The second kappa shape index (κ2) is 10.8. The van der Waals surface area contributed by atoms with E-state index in [1.807, 2.05) is 27.7 Å². The lowest BCUT2D eigenvalue weighted by molar-refractivity contribution is 0.625. The highest BCUT2D eigenvalue weighted by atomic mass is 35.5. The Morgan fingerprint density at radius 1 is 1.35 bits per heavy atom. The Morgan fingerprint density at radius 2 is 1.96 bits per heavy atom. The smallest absolute Gasteiger partial charge is 0.134 e. The fraction of sp³-hybridized carbons (Fsp3) is 0.316. The highest BCUT2D eigenvalue weighted by molar-refractivity contribution is 6.32. The van der Waals surface area contributed by atoms with E-state index in [0.29, 0.717) is 17.3 Å². The number of allylic oxidation sites excluding steroid dienone is 3. The Labute approximate surface area is 144 Å². The van der Waals surface area contributed by atoms with Crippen molar-refractivity contribution in [2.45, 2.75) is 34.6 Å². The molecule has 0 radical (unpaired) electrons. The summed E-state index contributed by atoms with van der Waals surface area (Å²) < 4.78 is 13.8. The lowest BCUT2D eigenvalue weighted by Gasteiger charge is -2.15. The lowest BCUT2D eigenvalue weighted by atomic mass is 10.1. The van der Waals surface area contributed by atoms with E-state index >= 15 is 0 Å². The Morgan fingerprint density at radius 3 is 2.43 bits per heavy atom. The Bertz CT molecular complexity index is 616. The largest absolute Gasteiger partial charge is 0.380 e. The van der Waals surface area contributed by atoms with Crippen molar-refractivity contribution in [1.82, 2.24) is 0 Å². The summed E-state index contributed by atoms with van der Waals surface area (Å²) in [5, 5.41) is 11.5. The van der Waals surface area contributed by atoms with E-state index < -0.39 is 5.82 Å². The fourth-order valence-corrected chi connectivity index (χ4v) is 2.16. The van der Waals surface area contributed by atoms with E-state index in [4.69, 9.17) is 17.0 Å². The number of hydrogen-bond acceptors (Lipinski definition) is 2. The van der Waals surface area contributed by atoms with Crippen molar-refractivity contribution < 1.29 is 4.39 Å². The van der Waals surface area contributed by atoms with Crippen molar-refractivity contribution in [2.24, 2.45) is 0 Å². The summed E-state index contributed by atoms with van der Waals surface area (Å²) in [6.07, 6.45) is 3.54. The van der Waals surface area contributed by atoms with Gasteiger partial charge in [-0.25, -0.2) is 4.39 Å². The van der Waals surface area contributed by atoms with Crippen molar-refractivity contribution in [3.8, 4) is 0 Å². The zero-order valence-electron chi connectivity index (χ0n) is 14.6. The zero-order chi connectivity index (χ0) is 18.0. The number of nitrogens with one attached hydrogen (secondary N) is 2. The third-order valence-electron chi connectivity index (χ3n) is 3.17. The SMILES string of the molecule is C=C/C(C)=C(CNc1cccc(F)c1C(C)=N)\C(Cl)=C/C.CC. The summed E-state index contributed by atoms with van der Waals surface area (Å²) in [5.74, 6) is -0.407. The molecule has 1 aromatic carbocycles. The average molecular weight is 337 g/mol. The van der Waals surface area contributed by atoms with Gasteiger partial charge in [-0.1, -0.05) is 50.2 Å². The summed E-state index contributed by atoms with van der Waals surface area (Å²) in [6.45, 7) is 13.5. The van der Waals surface area contributed by atoms with Gasteiger partial charge in [0.2, 0.25) is 0 Å². The molecule has 0 aromatic heterocycles. The second-order valence-corrected chi connectivity index (χ2v) is 5.05. The Balaban J connectivity index is 0.00000232. The van der Waals surface area contributed by atoms with Gasteiger partial charge in [0, 0.05) is 23.0 Å². The first kappa shape index (κ1) is 21.1. The summed E-state index contributed by atoms with van der Waals surface area (Å²) in [5.41, 5.74) is 2.89. The van der Waals surface area contributed by atoms with E-state index in [2.05, 4.69) is 11.9 Å². The van der Waals surface area contributed by atoms with Crippen LogP contribution in [0.1, 0.15) is 40.2 Å². The minimum atomic E-state index is -0.407. The summed E-state index contributed by atoms with van der Waals surface area (Å²) in [7, 11) is 0. The van der Waals surface area contributed by atoms with Crippen molar-refractivity contribution in [3.63, 3.8) is 0 Å². The maximum absolute atomic E-state index is 13.8. The minimum Gasteiger partial charge on any atom is -0.380 e. The molecule has 0 bridgehead atoms. The van der Waals surface area contributed by atoms with Crippen LogP contribution in [0, 0.1) is 11.2 Å². The number of benzene rings is 1. The highest BCUT2D eigenvalue weighted by Crippen LogP contribution is 2.23. The van der Waals surface area contributed by atoms with Crippen LogP contribution in [0.25, 0.3) is 0 Å². The molecule has 1 rings (SSSR count). The van der Waals surface area contributed by atoms with Crippen LogP contribution in [0.4, 0.5) is 10.1 Å². The molecule has 2 N–H and O–H groups in total. The van der Waals surface area contributed by atoms with Crippen molar-refractivity contribution in [1.29, 1.82) is 5.41 Å². The molecular weight excluding hydrogens is 311 g/mol. The van der Waals surface area contributed by atoms with Gasteiger partial charge in [0.1, 0.15) is 5.82 Å². The van der Waals surface area contributed by atoms with Gasteiger partial charge in [-0.2, -0.15) is 0 Å². The van der Waals surface area contributed by atoms with Crippen molar-refractivity contribution >= 4 is 23.0 Å². The number of anilines is 1. The number of rotatable bonds is 6. The lowest BCUT2D eigenvalue weighted by Crippen LogP contribution is -2.11. The molecule has 1 aromatic rings. The third-order valence-corrected chi connectivity index (χ3v) is 3.61. The molecule has 0 unspecified atom stereocenters. The molecule has 0 aliphatic carbocycles. The first-order valence-corrected chi connectivity index (χ1v) is 8.02. The maximum atomic E-state index is 13.8. The molecule has 0 spiro atoms. The molecule has 0 fully saturated rings. The molecule has 0 saturated heterocycles. The van der Waals surface area contributed by atoms with Crippen molar-refractivity contribution in [2.75, 3.05) is 11.9 Å². The van der Waals surface area contributed by atoms with Gasteiger partial charge in [0.15, 0.2) is 0 Å². The Kier molecular flexibility index (Phi) is 9.91. The predicted octanol–water partition coefficient (Wildman–Crippen LogP) is 6.30. The van der Waals surface area contributed by atoms with E-state index in [1.165, 1.54) is 6.07 Å². The molecule has 2 nitrogen and oxygen atoms in total. The molecular formula is C19H26ClFN2. The van der Waals surface area contributed by atoms with Gasteiger partial charge in [0.25, 0.3) is 0 Å². The third kappa shape index (κ3) is 6.03. The molecule has 0 atom stereocenters. The quantitative estimate of drug-likeness (QED) is 0.464. The summed E-state index contributed by atoms with van der Waals surface area (Å²) in [6, 6.07) is 4.72. The van der Waals surface area contributed by atoms with Gasteiger partial charge in [-0.15, -0.1) is 0 Å². The second-order valence-electron chi connectivity index (χ2n) is 4.64. The van der Waals surface area contributed by atoms with Gasteiger partial charge in [-0.3, -0.25) is 0 Å². The normalized spacial score (nSPS) is 11.9. The zero-order valence-corrected chi connectivity index (χ0v) is 15.3. The minimum absolute atomic E-state index is 0.179. The summed E-state index contributed by atoms with van der Waals surface area (Å²) >= 11 is 6.20. The molecule has 0 saturated carbocycles. The monoisotopic (exact) mass is 336 g/mol. The van der Waals surface area contributed by atoms with Crippen LogP contribution in [0.2, 0.25) is 0 Å². The standard InChI is InChI=1S/C17H20ClFN2.C2H6/c1-5-11(3)13(14(18)6-2)10-21-16-9-7-8-15(19)17(16)12(4)20;1-2/h5-9,20-21H,1,10H2,2-4H3;1-2H3/b13-11-,14-6+,20-12?;. The topological polar surface area (TPSA) is 35.9 Å². The van der Waals surface area contributed by atoms with Gasteiger partial charge < -0.3 is 10.7 Å². The van der Waals surface area contributed by atoms with E-state index in [1.54, 1.807) is 31.2 Å².